The van der Waals surface area contributed by atoms with Gasteiger partial charge in [0.15, 0.2) is 0 Å². The topological polar surface area (TPSA) is 87.4 Å². The second-order valence-corrected chi connectivity index (χ2v) is 9.10. The van der Waals surface area contributed by atoms with Gasteiger partial charge < -0.3 is 10.2 Å². The molecule has 0 unspecified atom stereocenters. The van der Waals surface area contributed by atoms with Crippen LogP contribution in [0.25, 0.3) is 0 Å². The standard InChI is InChI=1S/C28H25F3N6O2/c29-28(30,31)22-12-7-13-23(18-22)34-26-25(37(38)39)27(33-19-32-26)36-16-14-35(15-17-36)24(20-8-3-1-4-9-20)21-10-5-2-6-11-21/h1-13,18-19,24H,14-17H2,(H,32,33,34). The van der Waals surface area contributed by atoms with Crippen LogP contribution in [0.3, 0.4) is 0 Å². The molecule has 0 aliphatic carbocycles. The molecule has 0 spiro atoms. The zero-order chi connectivity index (χ0) is 27.4. The first kappa shape index (κ1) is 26.1. The van der Waals surface area contributed by atoms with Crippen LogP contribution in [0.15, 0.2) is 91.3 Å². The molecular formula is C28H25F3N6O2. The van der Waals surface area contributed by atoms with Crippen molar-refractivity contribution in [1.82, 2.24) is 14.9 Å². The van der Waals surface area contributed by atoms with Crippen molar-refractivity contribution in [3.63, 3.8) is 0 Å². The number of hydrogen-bond donors (Lipinski definition) is 1. The zero-order valence-corrected chi connectivity index (χ0v) is 20.8. The maximum Gasteiger partial charge on any atom is 0.416 e. The SMILES string of the molecule is O=[N+]([O-])c1c(Nc2cccc(C(F)(F)F)c2)ncnc1N1CCN(C(c2ccccc2)c2ccccc2)CC1. The second-order valence-electron chi connectivity index (χ2n) is 9.10. The Morgan fingerprint density at radius 1 is 0.846 bits per heavy atom. The zero-order valence-electron chi connectivity index (χ0n) is 20.8. The molecular weight excluding hydrogens is 509 g/mol. The highest BCUT2D eigenvalue weighted by Gasteiger charge is 2.33. The van der Waals surface area contributed by atoms with Gasteiger partial charge in [-0.3, -0.25) is 15.0 Å². The quantitative estimate of drug-likeness (QED) is 0.228. The Hall–Kier alpha value is -4.51. The molecule has 39 heavy (non-hydrogen) atoms. The number of nitrogens with one attached hydrogen (secondary N) is 1. The van der Waals surface area contributed by atoms with Crippen LogP contribution >= 0.6 is 0 Å². The molecule has 3 aromatic carbocycles. The van der Waals surface area contributed by atoms with Gasteiger partial charge in [-0.25, -0.2) is 9.97 Å². The molecule has 0 bridgehead atoms. The molecule has 8 nitrogen and oxygen atoms in total. The average Bonchev–Trinajstić information content (AvgIpc) is 2.94. The summed E-state index contributed by atoms with van der Waals surface area (Å²) in [5.41, 5.74) is 1.09. The van der Waals surface area contributed by atoms with Crippen molar-refractivity contribution in [2.75, 3.05) is 36.4 Å². The lowest BCUT2D eigenvalue weighted by Gasteiger charge is -2.40. The van der Waals surface area contributed by atoms with Gasteiger partial charge in [-0.05, 0) is 29.3 Å². The smallest absolute Gasteiger partial charge is 0.348 e. The van der Waals surface area contributed by atoms with E-state index in [0.29, 0.717) is 26.2 Å². The van der Waals surface area contributed by atoms with Gasteiger partial charge in [0.05, 0.1) is 16.5 Å². The monoisotopic (exact) mass is 534 g/mol. The first-order valence-corrected chi connectivity index (χ1v) is 12.3. The maximum atomic E-state index is 13.2. The molecule has 5 rings (SSSR count). The van der Waals surface area contributed by atoms with Gasteiger partial charge in [-0.15, -0.1) is 0 Å². The van der Waals surface area contributed by atoms with Crippen molar-refractivity contribution in [1.29, 1.82) is 0 Å². The summed E-state index contributed by atoms with van der Waals surface area (Å²) >= 11 is 0. The highest BCUT2D eigenvalue weighted by atomic mass is 19.4. The first-order valence-electron chi connectivity index (χ1n) is 12.3. The number of nitrogens with zero attached hydrogens (tertiary/aromatic N) is 5. The average molecular weight is 535 g/mol. The lowest BCUT2D eigenvalue weighted by Crippen LogP contribution is -2.48. The Morgan fingerprint density at radius 2 is 1.46 bits per heavy atom. The minimum absolute atomic E-state index is 0.0214. The highest BCUT2D eigenvalue weighted by Crippen LogP contribution is 2.37. The molecule has 1 aliphatic heterocycles. The second kappa shape index (κ2) is 11.1. The maximum absolute atomic E-state index is 13.2. The Labute approximate surface area is 222 Å². The van der Waals surface area contributed by atoms with E-state index in [2.05, 4.69) is 44.5 Å². The minimum Gasteiger partial charge on any atom is -0.348 e. The molecule has 1 fully saturated rings. The van der Waals surface area contributed by atoms with Gasteiger partial charge in [-0.2, -0.15) is 13.2 Å². The third-order valence-corrected chi connectivity index (χ3v) is 6.65. The fourth-order valence-electron chi connectivity index (χ4n) is 4.85. The first-order chi connectivity index (χ1) is 18.8. The largest absolute Gasteiger partial charge is 0.416 e. The van der Waals surface area contributed by atoms with E-state index in [-0.39, 0.29) is 29.1 Å². The summed E-state index contributed by atoms with van der Waals surface area (Å²) in [4.78, 5) is 23.8. The number of aromatic nitrogens is 2. The molecule has 4 aromatic rings. The van der Waals surface area contributed by atoms with Crippen LogP contribution in [0.5, 0.6) is 0 Å². The summed E-state index contributed by atoms with van der Waals surface area (Å²) < 4.78 is 39.5. The van der Waals surface area contributed by atoms with E-state index in [1.807, 2.05) is 41.3 Å². The lowest BCUT2D eigenvalue weighted by molar-refractivity contribution is -0.383. The van der Waals surface area contributed by atoms with E-state index < -0.39 is 16.7 Å². The van der Waals surface area contributed by atoms with Gasteiger partial charge in [0.25, 0.3) is 0 Å². The molecule has 1 N–H and O–H groups in total. The van der Waals surface area contributed by atoms with Crippen LogP contribution in [0, 0.1) is 10.1 Å². The Kier molecular flexibility index (Phi) is 7.42. The van der Waals surface area contributed by atoms with Gasteiger partial charge in [0.1, 0.15) is 6.33 Å². The summed E-state index contributed by atoms with van der Waals surface area (Å²) in [6, 6.07) is 24.8. The van der Waals surface area contributed by atoms with Crippen LogP contribution in [-0.4, -0.2) is 46.0 Å². The van der Waals surface area contributed by atoms with Crippen molar-refractivity contribution in [3.8, 4) is 0 Å². The number of benzene rings is 3. The number of halogens is 3. The molecule has 0 amide bonds. The third-order valence-electron chi connectivity index (χ3n) is 6.65. The predicted octanol–water partition coefficient (Wildman–Crippen LogP) is 6.06. The molecule has 1 aliphatic rings. The summed E-state index contributed by atoms with van der Waals surface area (Å²) in [6.07, 6.45) is -3.36. The van der Waals surface area contributed by atoms with Crippen molar-refractivity contribution in [2.45, 2.75) is 12.2 Å². The summed E-state index contributed by atoms with van der Waals surface area (Å²) in [5.74, 6) is -0.0432. The number of rotatable bonds is 7. The normalized spacial score (nSPS) is 14.4. The lowest BCUT2D eigenvalue weighted by atomic mass is 9.96. The number of hydrogen-bond acceptors (Lipinski definition) is 7. The van der Waals surface area contributed by atoms with E-state index in [1.165, 1.54) is 18.5 Å². The summed E-state index contributed by atoms with van der Waals surface area (Å²) in [6.45, 7) is 2.17. The summed E-state index contributed by atoms with van der Waals surface area (Å²) in [5, 5.41) is 14.8. The minimum atomic E-state index is -4.54. The van der Waals surface area contributed by atoms with E-state index in [0.717, 1.165) is 23.3 Å². The van der Waals surface area contributed by atoms with Gasteiger partial charge in [0.2, 0.25) is 11.6 Å². The molecule has 2 heterocycles. The Morgan fingerprint density at radius 3 is 2.03 bits per heavy atom. The van der Waals surface area contributed by atoms with E-state index in [4.69, 9.17) is 0 Å². The van der Waals surface area contributed by atoms with Gasteiger partial charge in [-0.1, -0.05) is 66.7 Å². The van der Waals surface area contributed by atoms with Crippen molar-refractivity contribution < 1.29 is 18.1 Å². The van der Waals surface area contributed by atoms with E-state index in [1.54, 1.807) is 0 Å². The van der Waals surface area contributed by atoms with Crippen LogP contribution < -0.4 is 10.2 Å². The van der Waals surface area contributed by atoms with E-state index in [9.17, 15) is 23.3 Å². The van der Waals surface area contributed by atoms with Gasteiger partial charge >= 0.3 is 11.9 Å². The molecule has 11 heteroatoms. The van der Waals surface area contributed by atoms with E-state index >= 15 is 0 Å². The third kappa shape index (κ3) is 5.83. The number of alkyl halides is 3. The van der Waals surface area contributed by atoms with Crippen molar-refractivity contribution >= 4 is 23.0 Å². The Balaban J connectivity index is 1.39. The molecule has 1 aromatic heterocycles. The predicted molar refractivity (Wildman–Crippen MR) is 142 cm³/mol. The van der Waals surface area contributed by atoms with Crippen molar-refractivity contribution in [2.24, 2.45) is 0 Å². The fourth-order valence-corrected chi connectivity index (χ4v) is 4.85. The van der Waals surface area contributed by atoms with Crippen LogP contribution in [0.2, 0.25) is 0 Å². The van der Waals surface area contributed by atoms with Gasteiger partial charge in [0, 0.05) is 31.9 Å². The molecule has 0 saturated carbocycles. The van der Waals surface area contributed by atoms with Crippen LogP contribution in [-0.2, 0) is 6.18 Å². The number of nitro groups is 1. The molecule has 200 valence electrons. The Bertz CT molecular complexity index is 1390. The molecule has 0 radical (unpaired) electrons. The number of anilines is 3. The fraction of sp³-hybridized carbons (Fsp3) is 0.214. The molecule has 0 atom stereocenters. The van der Waals surface area contributed by atoms with Crippen LogP contribution in [0.1, 0.15) is 22.7 Å². The summed E-state index contributed by atoms with van der Waals surface area (Å²) in [7, 11) is 0. The number of piperazine rings is 1. The van der Waals surface area contributed by atoms with Crippen molar-refractivity contribution in [3.05, 3.63) is 118 Å². The molecule has 1 saturated heterocycles. The highest BCUT2D eigenvalue weighted by molar-refractivity contribution is 5.74. The van der Waals surface area contributed by atoms with Crippen LogP contribution in [0.4, 0.5) is 36.2 Å².